The van der Waals surface area contributed by atoms with Crippen LogP contribution in [-0.4, -0.2) is 29.5 Å². The van der Waals surface area contributed by atoms with Gasteiger partial charge in [-0.1, -0.05) is 84.3 Å². The van der Waals surface area contributed by atoms with E-state index in [9.17, 15) is 22.0 Å². The van der Waals surface area contributed by atoms with Crippen molar-refractivity contribution in [2.75, 3.05) is 13.2 Å². The van der Waals surface area contributed by atoms with Gasteiger partial charge in [0.1, 0.15) is 11.6 Å². The maximum absolute atomic E-state index is 13.6. The molecular weight excluding hydrogens is 804 g/mol. The normalized spacial score (nSPS) is 14.0. The fourth-order valence-corrected chi connectivity index (χ4v) is 6.13. The summed E-state index contributed by atoms with van der Waals surface area (Å²) >= 11 is 0. The van der Waals surface area contributed by atoms with E-state index in [-0.39, 0.29) is 17.2 Å². The Labute approximate surface area is 371 Å². The smallest absolute Gasteiger partial charge is 0.169 e. The van der Waals surface area contributed by atoms with Gasteiger partial charge < -0.3 is 9.47 Å². The van der Waals surface area contributed by atoms with Crippen LogP contribution in [0.1, 0.15) is 80.9 Å². The summed E-state index contributed by atoms with van der Waals surface area (Å²) < 4.78 is 77.3. The quantitative estimate of drug-likeness (QED) is 0.142. The highest BCUT2D eigenvalue weighted by Gasteiger charge is 2.16. The molecule has 0 saturated carbocycles. The topological polar surface area (TPSA) is 44.2 Å². The summed E-state index contributed by atoms with van der Waals surface area (Å²) in [5, 5.41) is 1.22. The molecule has 1 saturated heterocycles. The van der Waals surface area contributed by atoms with Crippen LogP contribution in [0.2, 0.25) is 0 Å². The number of halogens is 5. The minimum absolute atomic E-state index is 0.0196. The van der Waals surface area contributed by atoms with Crippen molar-refractivity contribution in [1.82, 2.24) is 9.97 Å². The van der Waals surface area contributed by atoms with Gasteiger partial charge in [0.2, 0.25) is 0 Å². The predicted molar refractivity (Wildman–Crippen MR) is 250 cm³/mol. The molecule has 2 heterocycles. The molecule has 1 aliphatic heterocycles. The molecule has 336 valence electrons. The van der Waals surface area contributed by atoms with Crippen LogP contribution in [-0.2, 0) is 9.47 Å². The minimum Gasteiger partial charge on any atom is -0.353 e. The van der Waals surface area contributed by atoms with Gasteiger partial charge in [-0.2, -0.15) is 0 Å². The van der Waals surface area contributed by atoms with Gasteiger partial charge in [0.15, 0.2) is 29.6 Å². The van der Waals surface area contributed by atoms with Crippen LogP contribution < -0.4 is 0 Å². The first-order chi connectivity index (χ1) is 29.6. The summed E-state index contributed by atoms with van der Waals surface area (Å²) in [6, 6.07) is 24.6. The average Bonchev–Trinajstić information content (AvgIpc) is 3.24. The largest absolute Gasteiger partial charge is 0.353 e. The number of benzene rings is 6. The van der Waals surface area contributed by atoms with Crippen LogP contribution in [0.3, 0.4) is 0 Å². The SMILES string of the molecule is CC1COC(C)OC1.Cc1cc2ccc(C)c(F)c2c(F)c1F.Cc1ccc(C)c(C)c1.Cc1ccc(C)c(C)c1.Cc1ccc2cc(C)c(F)c(F)c2c1.Cc1cnc(C)nc1. The number of hydrogen-bond acceptors (Lipinski definition) is 4. The number of ether oxygens (including phenoxy) is 2. The van der Waals surface area contributed by atoms with Gasteiger partial charge in [-0.05, 0) is 163 Å². The number of fused-ring (bicyclic) bond motifs is 2. The Bertz CT molecular complexity index is 2500. The van der Waals surface area contributed by atoms with E-state index in [4.69, 9.17) is 9.47 Å². The van der Waals surface area contributed by atoms with Gasteiger partial charge in [-0.3, -0.25) is 0 Å². The lowest BCUT2D eigenvalue weighted by atomic mass is 10.0. The monoisotopic (exact) mass is 866 g/mol. The van der Waals surface area contributed by atoms with E-state index in [0.29, 0.717) is 27.8 Å². The Morgan fingerprint density at radius 2 is 0.841 bits per heavy atom. The van der Waals surface area contributed by atoms with E-state index in [1.807, 2.05) is 46.2 Å². The number of hydrogen-bond donors (Lipinski definition) is 0. The van der Waals surface area contributed by atoms with Crippen molar-refractivity contribution in [1.29, 1.82) is 0 Å². The Balaban J connectivity index is 0.000000205. The Hall–Kier alpha value is -5.51. The number of nitrogens with zero attached hydrogens (tertiary/aromatic N) is 2. The van der Waals surface area contributed by atoms with Crippen molar-refractivity contribution in [2.24, 2.45) is 5.92 Å². The molecule has 0 bridgehead atoms. The first-order valence-corrected chi connectivity index (χ1v) is 21.0. The predicted octanol–water partition coefficient (Wildman–Crippen LogP) is 14.9. The van der Waals surface area contributed by atoms with Crippen molar-refractivity contribution < 1.29 is 31.4 Å². The summed E-state index contributed by atoms with van der Waals surface area (Å²) in [7, 11) is 0. The number of rotatable bonds is 0. The summed E-state index contributed by atoms with van der Waals surface area (Å²) in [5.74, 6) is -2.87. The first-order valence-electron chi connectivity index (χ1n) is 21.0. The van der Waals surface area contributed by atoms with E-state index in [1.54, 1.807) is 37.3 Å². The fraction of sp³-hybridized carbons (Fsp3) is 0.333. The van der Waals surface area contributed by atoms with Gasteiger partial charge in [-0.25, -0.2) is 31.9 Å². The zero-order chi connectivity index (χ0) is 47.1. The maximum Gasteiger partial charge on any atom is 0.169 e. The van der Waals surface area contributed by atoms with Crippen LogP contribution in [0, 0.1) is 118 Å². The van der Waals surface area contributed by atoms with Crippen LogP contribution in [0.15, 0.2) is 91.3 Å². The Morgan fingerprint density at radius 1 is 0.413 bits per heavy atom. The highest BCUT2D eigenvalue weighted by molar-refractivity contribution is 5.86. The minimum atomic E-state index is -1.11. The molecule has 4 nitrogen and oxygen atoms in total. The molecule has 0 spiro atoms. The Kier molecular flexibility index (Phi) is 20.0. The van der Waals surface area contributed by atoms with E-state index in [1.165, 1.54) is 53.3 Å². The van der Waals surface area contributed by atoms with Crippen LogP contribution in [0.5, 0.6) is 0 Å². The molecule has 1 fully saturated rings. The molecule has 0 radical (unpaired) electrons. The van der Waals surface area contributed by atoms with Gasteiger partial charge >= 0.3 is 0 Å². The van der Waals surface area contributed by atoms with Gasteiger partial charge in [-0.15, -0.1) is 0 Å². The third-order valence-corrected chi connectivity index (χ3v) is 10.3. The molecule has 0 amide bonds. The Morgan fingerprint density at radius 3 is 1.30 bits per heavy atom. The molecule has 0 aliphatic carbocycles. The average molecular weight is 867 g/mol. The third kappa shape index (κ3) is 16.0. The standard InChI is InChI=1S/C12H9F3.C12H10F2.2C9H12.C6H8N2.C6H12O2/c1-6-3-4-8-5-7(2)11(14)12(15)9(8)10(6)13;1-7-3-4-9-6-8(2)11(13)12(14)10(9)5-7;2*1-7-4-5-8(2)9(3)6-7;2*1-5-3-7-6(2)8-4-5/h3-5H,1-2H3;3-6H,1-2H3;2*4-6H,1-3H3;3-4H,1-2H3;5-6H,3-4H2,1-2H3. The summed E-state index contributed by atoms with van der Waals surface area (Å²) in [5.41, 5.74) is 11.1. The molecule has 7 aromatic rings. The molecule has 9 heteroatoms. The van der Waals surface area contributed by atoms with E-state index in [2.05, 4.69) is 94.8 Å². The van der Waals surface area contributed by atoms with Crippen LogP contribution in [0.4, 0.5) is 22.0 Å². The second kappa shape index (κ2) is 24.4. The number of aromatic nitrogens is 2. The molecular formula is C54H63F5N2O2. The molecule has 0 unspecified atom stereocenters. The zero-order valence-electron chi connectivity index (χ0n) is 39.3. The summed E-state index contributed by atoms with van der Waals surface area (Å²) in [6.07, 6.45) is 3.64. The van der Waals surface area contributed by atoms with E-state index < -0.39 is 29.1 Å². The second-order valence-electron chi connectivity index (χ2n) is 16.5. The highest BCUT2D eigenvalue weighted by atomic mass is 19.2. The van der Waals surface area contributed by atoms with E-state index in [0.717, 1.165) is 35.6 Å². The zero-order valence-corrected chi connectivity index (χ0v) is 39.3. The lowest BCUT2D eigenvalue weighted by Gasteiger charge is -2.24. The molecule has 6 aromatic carbocycles. The lowest BCUT2D eigenvalue weighted by Crippen LogP contribution is -2.27. The second-order valence-corrected chi connectivity index (χ2v) is 16.5. The van der Waals surface area contributed by atoms with Gasteiger partial charge in [0.25, 0.3) is 0 Å². The van der Waals surface area contributed by atoms with Gasteiger partial charge in [0.05, 0.1) is 18.6 Å². The highest BCUT2D eigenvalue weighted by Crippen LogP contribution is 2.28. The first kappa shape index (κ1) is 51.8. The molecule has 0 N–H and O–H groups in total. The molecule has 63 heavy (non-hydrogen) atoms. The van der Waals surface area contributed by atoms with E-state index >= 15 is 0 Å². The fourth-order valence-electron chi connectivity index (χ4n) is 6.13. The van der Waals surface area contributed by atoms with Gasteiger partial charge in [0, 0.05) is 23.7 Å². The maximum atomic E-state index is 13.6. The summed E-state index contributed by atoms with van der Waals surface area (Å²) in [4.78, 5) is 7.94. The third-order valence-electron chi connectivity index (χ3n) is 10.3. The molecule has 8 rings (SSSR count). The van der Waals surface area contributed by atoms with Crippen molar-refractivity contribution in [3.8, 4) is 0 Å². The van der Waals surface area contributed by atoms with Crippen molar-refractivity contribution in [2.45, 2.75) is 103 Å². The molecule has 1 aliphatic rings. The van der Waals surface area contributed by atoms with Crippen LogP contribution >= 0.6 is 0 Å². The van der Waals surface area contributed by atoms with Crippen LogP contribution in [0.25, 0.3) is 21.5 Å². The van der Waals surface area contributed by atoms with Crippen molar-refractivity contribution >= 4 is 21.5 Å². The van der Waals surface area contributed by atoms with Crippen molar-refractivity contribution in [3.05, 3.63) is 187 Å². The molecule has 0 atom stereocenters. The van der Waals surface area contributed by atoms with Crippen molar-refractivity contribution in [3.63, 3.8) is 0 Å². The summed E-state index contributed by atoms with van der Waals surface area (Å²) in [6.45, 7) is 28.8. The molecule has 1 aromatic heterocycles. The lowest BCUT2D eigenvalue weighted by molar-refractivity contribution is -0.187. The number of aryl methyl sites for hydroxylation is 12.